The van der Waals surface area contributed by atoms with Gasteiger partial charge in [-0.25, -0.2) is 12.8 Å². The summed E-state index contributed by atoms with van der Waals surface area (Å²) in [5.41, 5.74) is 2.56. The largest absolute Gasteiger partial charge is 0.495 e. The van der Waals surface area contributed by atoms with Crippen LogP contribution in [0.2, 0.25) is 0 Å². The Balaban J connectivity index is 1.60. The summed E-state index contributed by atoms with van der Waals surface area (Å²) >= 11 is 0. The van der Waals surface area contributed by atoms with Gasteiger partial charge in [0.05, 0.1) is 23.4 Å². The maximum atomic E-state index is 14.2. The molecule has 1 aliphatic heterocycles. The Morgan fingerprint density at radius 1 is 0.944 bits per heavy atom. The lowest BCUT2D eigenvalue weighted by Crippen LogP contribution is -2.52. The zero-order chi connectivity index (χ0) is 25.9. The molecule has 1 fully saturated rings. The van der Waals surface area contributed by atoms with Crippen LogP contribution in [0.5, 0.6) is 5.75 Å². The molecular weight excluding hydrogens is 481 g/mol. The average Bonchev–Trinajstić information content (AvgIpc) is 2.87. The Bertz CT molecular complexity index is 1340. The van der Waals surface area contributed by atoms with E-state index in [0.717, 1.165) is 15.4 Å². The molecule has 0 spiro atoms. The predicted octanol–water partition coefficient (Wildman–Crippen LogP) is 4.00. The topological polar surface area (TPSA) is 70.2 Å². The van der Waals surface area contributed by atoms with E-state index in [1.54, 1.807) is 47.4 Å². The fourth-order valence-electron chi connectivity index (χ4n) is 4.26. The fraction of sp³-hybridized carbons (Fsp3) is 0.296. The summed E-state index contributed by atoms with van der Waals surface area (Å²) in [4.78, 5) is 17.0. The molecule has 3 aromatic carbocycles. The number of halogens is 1. The van der Waals surface area contributed by atoms with Crippen LogP contribution in [0.1, 0.15) is 11.1 Å². The second-order valence-corrected chi connectivity index (χ2v) is 10.7. The number of nitrogens with zero attached hydrogens (tertiary/aromatic N) is 3. The quantitative estimate of drug-likeness (QED) is 0.480. The van der Waals surface area contributed by atoms with Crippen LogP contribution in [0.25, 0.3) is 0 Å². The van der Waals surface area contributed by atoms with Gasteiger partial charge in [-0.1, -0.05) is 35.9 Å². The number of methoxy groups -OCH3 is 1. The molecule has 7 nitrogen and oxygen atoms in total. The summed E-state index contributed by atoms with van der Waals surface area (Å²) in [6, 6.07) is 18.3. The Morgan fingerprint density at radius 2 is 1.58 bits per heavy atom. The van der Waals surface area contributed by atoms with E-state index >= 15 is 0 Å². The molecule has 1 heterocycles. The van der Waals surface area contributed by atoms with Crippen molar-refractivity contribution in [2.45, 2.75) is 18.7 Å². The highest BCUT2D eigenvalue weighted by atomic mass is 32.2. The van der Waals surface area contributed by atoms with E-state index in [1.165, 1.54) is 25.3 Å². The van der Waals surface area contributed by atoms with Gasteiger partial charge in [0, 0.05) is 26.2 Å². The molecule has 0 saturated carbocycles. The summed E-state index contributed by atoms with van der Waals surface area (Å²) in [6.07, 6.45) is 0. The molecule has 0 N–H and O–H groups in total. The molecule has 0 unspecified atom stereocenters. The number of carbonyl (C=O) groups is 1. The first-order chi connectivity index (χ1) is 17.2. The highest BCUT2D eigenvalue weighted by Crippen LogP contribution is 2.33. The monoisotopic (exact) mass is 511 g/mol. The Hall–Kier alpha value is -3.59. The molecule has 1 saturated heterocycles. The van der Waals surface area contributed by atoms with Gasteiger partial charge in [0.1, 0.15) is 18.1 Å². The van der Waals surface area contributed by atoms with Crippen molar-refractivity contribution in [2.24, 2.45) is 0 Å². The molecule has 9 heteroatoms. The molecule has 0 bridgehead atoms. The number of piperazine rings is 1. The lowest BCUT2D eigenvalue weighted by molar-refractivity contribution is -0.129. The molecule has 3 aromatic rings. The number of carbonyl (C=O) groups excluding carboxylic acids is 1. The van der Waals surface area contributed by atoms with Crippen molar-refractivity contribution in [3.05, 3.63) is 83.7 Å². The number of para-hydroxylation sites is 1. The smallest absolute Gasteiger partial charge is 0.264 e. The molecule has 190 valence electrons. The SMILES string of the molecule is COc1ccc(C)cc1N(CC(=O)N1CCN(c2ccccc2F)CC1)S(=O)(=O)c1ccc(C)cc1. The van der Waals surface area contributed by atoms with Crippen molar-refractivity contribution in [3.8, 4) is 5.75 Å². The second kappa shape index (κ2) is 10.6. The highest BCUT2D eigenvalue weighted by molar-refractivity contribution is 7.92. The number of rotatable bonds is 7. The van der Waals surface area contributed by atoms with Gasteiger partial charge < -0.3 is 14.5 Å². The lowest BCUT2D eigenvalue weighted by Gasteiger charge is -2.37. The van der Waals surface area contributed by atoms with E-state index in [9.17, 15) is 17.6 Å². The number of sulfonamides is 1. The minimum absolute atomic E-state index is 0.0915. The summed E-state index contributed by atoms with van der Waals surface area (Å²) in [5, 5.41) is 0. The van der Waals surface area contributed by atoms with E-state index in [4.69, 9.17) is 4.74 Å². The predicted molar refractivity (Wildman–Crippen MR) is 139 cm³/mol. The number of hydrogen-bond donors (Lipinski definition) is 0. The zero-order valence-corrected chi connectivity index (χ0v) is 21.5. The molecule has 1 amide bonds. The highest BCUT2D eigenvalue weighted by Gasteiger charge is 2.32. The van der Waals surface area contributed by atoms with Crippen molar-refractivity contribution in [2.75, 3.05) is 49.0 Å². The Morgan fingerprint density at radius 3 is 2.22 bits per heavy atom. The Labute approximate surface area is 211 Å². The van der Waals surface area contributed by atoms with Crippen LogP contribution in [-0.2, 0) is 14.8 Å². The molecule has 0 atom stereocenters. The van der Waals surface area contributed by atoms with Gasteiger partial charge in [0.2, 0.25) is 5.91 Å². The van der Waals surface area contributed by atoms with Gasteiger partial charge in [-0.3, -0.25) is 9.10 Å². The van der Waals surface area contributed by atoms with Crippen molar-refractivity contribution < 1.29 is 22.3 Å². The molecule has 0 aliphatic carbocycles. The summed E-state index contributed by atoms with van der Waals surface area (Å²) in [6.45, 7) is 4.96. The van der Waals surface area contributed by atoms with Crippen LogP contribution in [-0.4, -0.2) is 59.1 Å². The number of anilines is 2. The van der Waals surface area contributed by atoms with Crippen LogP contribution >= 0.6 is 0 Å². The van der Waals surface area contributed by atoms with Gasteiger partial charge in [-0.05, 0) is 55.8 Å². The first-order valence-corrected chi connectivity index (χ1v) is 13.2. The standard InChI is InChI=1S/C27H30FN3O4S/c1-20-8-11-22(12-9-20)36(33,34)31(25-18-21(2)10-13-26(25)35-3)19-27(32)30-16-14-29(15-17-30)24-7-5-4-6-23(24)28/h4-13,18H,14-17,19H2,1-3H3. The van der Waals surface area contributed by atoms with Gasteiger partial charge in [-0.2, -0.15) is 0 Å². The molecule has 0 radical (unpaired) electrons. The normalized spacial score (nSPS) is 14.0. The van der Waals surface area contributed by atoms with Gasteiger partial charge in [0.25, 0.3) is 10.0 Å². The average molecular weight is 512 g/mol. The van der Waals surface area contributed by atoms with Crippen LogP contribution in [0.15, 0.2) is 71.6 Å². The number of amides is 1. The third-order valence-electron chi connectivity index (χ3n) is 6.32. The summed E-state index contributed by atoms with van der Waals surface area (Å²) in [5.74, 6) is -0.282. The van der Waals surface area contributed by atoms with E-state index in [-0.39, 0.29) is 23.2 Å². The van der Waals surface area contributed by atoms with Crippen LogP contribution in [0, 0.1) is 19.7 Å². The minimum atomic E-state index is -4.07. The van der Waals surface area contributed by atoms with Crippen LogP contribution < -0.4 is 13.9 Å². The first-order valence-electron chi connectivity index (χ1n) is 11.7. The first kappa shape index (κ1) is 25.5. The van der Waals surface area contributed by atoms with E-state index in [0.29, 0.717) is 43.3 Å². The molecule has 36 heavy (non-hydrogen) atoms. The maximum absolute atomic E-state index is 14.2. The van der Waals surface area contributed by atoms with Gasteiger partial charge in [-0.15, -0.1) is 0 Å². The van der Waals surface area contributed by atoms with Crippen molar-refractivity contribution in [1.29, 1.82) is 0 Å². The Kier molecular flexibility index (Phi) is 7.49. The number of ether oxygens (including phenoxy) is 1. The maximum Gasteiger partial charge on any atom is 0.264 e. The van der Waals surface area contributed by atoms with Crippen molar-refractivity contribution in [3.63, 3.8) is 0 Å². The third kappa shape index (κ3) is 5.31. The lowest BCUT2D eigenvalue weighted by atomic mass is 10.2. The summed E-state index contributed by atoms with van der Waals surface area (Å²) < 4.78 is 48.3. The number of benzene rings is 3. The molecule has 1 aliphatic rings. The second-order valence-electron chi connectivity index (χ2n) is 8.82. The van der Waals surface area contributed by atoms with Gasteiger partial charge >= 0.3 is 0 Å². The fourth-order valence-corrected chi connectivity index (χ4v) is 5.68. The van der Waals surface area contributed by atoms with Crippen LogP contribution in [0.3, 0.4) is 0 Å². The van der Waals surface area contributed by atoms with E-state index in [2.05, 4.69) is 0 Å². The third-order valence-corrected chi connectivity index (χ3v) is 8.09. The van der Waals surface area contributed by atoms with Gasteiger partial charge in [0.15, 0.2) is 0 Å². The van der Waals surface area contributed by atoms with E-state index < -0.39 is 10.0 Å². The van der Waals surface area contributed by atoms with Crippen molar-refractivity contribution >= 4 is 27.3 Å². The molecular formula is C27H30FN3O4S. The zero-order valence-electron chi connectivity index (χ0n) is 20.6. The minimum Gasteiger partial charge on any atom is -0.495 e. The molecule has 4 rings (SSSR count). The van der Waals surface area contributed by atoms with Crippen LogP contribution in [0.4, 0.5) is 15.8 Å². The molecule has 0 aromatic heterocycles. The number of aryl methyl sites for hydroxylation is 2. The number of hydrogen-bond acceptors (Lipinski definition) is 5. The van der Waals surface area contributed by atoms with Crippen molar-refractivity contribution in [1.82, 2.24) is 4.90 Å². The summed E-state index contributed by atoms with van der Waals surface area (Å²) in [7, 11) is -2.60. The van der Waals surface area contributed by atoms with E-state index in [1.807, 2.05) is 24.8 Å².